The lowest BCUT2D eigenvalue weighted by atomic mass is 10.0. The van der Waals surface area contributed by atoms with Crippen molar-refractivity contribution in [2.45, 2.75) is 13.8 Å². The van der Waals surface area contributed by atoms with Gasteiger partial charge in [-0.15, -0.1) is 0 Å². The highest BCUT2D eigenvalue weighted by molar-refractivity contribution is 5.99. The van der Waals surface area contributed by atoms with Crippen LogP contribution in [0.1, 0.15) is 29.8 Å². The van der Waals surface area contributed by atoms with Crippen molar-refractivity contribution in [3.05, 3.63) is 82.8 Å². The number of aliphatic imine (C=N–C) groups is 1. The summed E-state index contributed by atoms with van der Waals surface area (Å²) in [4.78, 5) is 21.2. The molecule has 0 saturated carbocycles. The average Bonchev–Trinajstić information content (AvgIpc) is 2.77. The van der Waals surface area contributed by atoms with Crippen LogP contribution in [0.25, 0.3) is 0 Å². The molecule has 2 N–H and O–H groups in total. The Balaban J connectivity index is 2.94. The minimum Gasteiger partial charge on any atom is -0.365 e. The van der Waals surface area contributed by atoms with E-state index in [-0.39, 0.29) is 0 Å². The Hall–Kier alpha value is -3.89. The zero-order valence-corrected chi connectivity index (χ0v) is 19.1. The van der Waals surface area contributed by atoms with Crippen LogP contribution in [0.15, 0.2) is 76.6 Å². The Bertz CT molecular complexity index is 1040. The molecule has 0 saturated heterocycles. The van der Waals surface area contributed by atoms with Crippen molar-refractivity contribution in [1.29, 1.82) is 10.7 Å². The number of nitriles is 1. The van der Waals surface area contributed by atoms with Gasteiger partial charge in [-0.3, -0.25) is 9.79 Å². The highest BCUT2D eigenvalue weighted by Crippen LogP contribution is 2.18. The van der Waals surface area contributed by atoms with Crippen LogP contribution in [-0.4, -0.2) is 55.8 Å². The fourth-order valence-electron chi connectivity index (χ4n) is 2.66. The van der Waals surface area contributed by atoms with Crippen LogP contribution in [-0.2, 0) is 0 Å². The standard InChI is InChI=1S/C25H30N6O/c1-7-21(22(15-28-4)10-19(3)24(27)16-31(5)6)9-8-18(2)13-29-25-23(17-32)11-20(12-26)14-30-25/h7-11,14-15,17,27H,2,4,13,16H2,1,3,5-6H3,(H,29,30)/b9-8-,19-10+,21-7+,22-15+,27-24?. The van der Waals surface area contributed by atoms with Gasteiger partial charge in [0.2, 0.25) is 0 Å². The number of carbonyl (C=O) groups excluding carboxylic acids is 1. The van der Waals surface area contributed by atoms with Crippen LogP contribution in [0.3, 0.4) is 0 Å². The molecule has 1 heterocycles. The molecule has 0 atom stereocenters. The van der Waals surface area contributed by atoms with Gasteiger partial charge in [-0.1, -0.05) is 24.8 Å². The molecule has 0 fully saturated rings. The molecule has 0 aliphatic heterocycles. The van der Waals surface area contributed by atoms with Gasteiger partial charge in [0.1, 0.15) is 11.9 Å². The van der Waals surface area contributed by atoms with Crippen LogP contribution < -0.4 is 5.32 Å². The van der Waals surface area contributed by atoms with E-state index in [1.54, 1.807) is 6.20 Å². The van der Waals surface area contributed by atoms with Gasteiger partial charge in [-0.25, -0.2) is 4.98 Å². The molecule has 166 valence electrons. The summed E-state index contributed by atoms with van der Waals surface area (Å²) in [5, 5.41) is 20.2. The second-order valence-corrected chi connectivity index (χ2v) is 7.29. The summed E-state index contributed by atoms with van der Waals surface area (Å²) < 4.78 is 0. The summed E-state index contributed by atoms with van der Waals surface area (Å²) in [7, 11) is 3.85. The third-order valence-electron chi connectivity index (χ3n) is 4.35. The van der Waals surface area contributed by atoms with Crippen molar-refractivity contribution in [3.63, 3.8) is 0 Å². The van der Waals surface area contributed by atoms with Crippen LogP contribution in [0, 0.1) is 16.7 Å². The number of hydrogen-bond donors (Lipinski definition) is 2. The van der Waals surface area contributed by atoms with Crippen LogP contribution in [0.5, 0.6) is 0 Å². The first-order valence-electron chi connectivity index (χ1n) is 9.94. The molecular weight excluding hydrogens is 400 g/mol. The van der Waals surface area contributed by atoms with E-state index < -0.39 is 0 Å². The number of allylic oxidation sites excluding steroid dienone is 5. The molecule has 0 radical (unpaired) electrons. The Kier molecular flexibility index (Phi) is 11.0. The maximum atomic E-state index is 11.2. The van der Waals surface area contributed by atoms with Crippen molar-refractivity contribution in [2.75, 3.05) is 32.5 Å². The normalized spacial score (nSPS) is 12.6. The van der Waals surface area contributed by atoms with E-state index in [0.29, 0.717) is 42.0 Å². The van der Waals surface area contributed by atoms with Gasteiger partial charge < -0.3 is 15.6 Å². The molecule has 7 heteroatoms. The van der Waals surface area contributed by atoms with Gasteiger partial charge in [0.25, 0.3) is 0 Å². The van der Waals surface area contributed by atoms with Crippen molar-refractivity contribution in [3.8, 4) is 6.07 Å². The van der Waals surface area contributed by atoms with E-state index in [9.17, 15) is 4.79 Å². The third-order valence-corrected chi connectivity index (χ3v) is 4.35. The summed E-state index contributed by atoms with van der Waals surface area (Å²) in [6.45, 7) is 12.3. The van der Waals surface area contributed by atoms with E-state index in [0.717, 1.165) is 22.3 Å². The fourth-order valence-corrected chi connectivity index (χ4v) is 2.66. The lowest BCUT2D eigenvalue weighted by molar-refractivity contribution is 0.112. The molecule has 0 bridgehead atoms. The summed E-state index contributed by atoms with van der Waals surface area (Å²) >= 11 is 0. The van der Waals surface area contributed by atoms with Crippen LogP contribution >= 0.6 is 0 Å². The number of aromatic nitrogens is 1. The van der Waals surface area contributed by atoms with Gasteiger partial charge in [0, 0.05) is 31.2 Å². The van der Waals surface area contributed by atoms with Gasteiger partial charge in [-0.2, -0.15) is 5.26 Å². The minimum atomic E-state index is 0.318. The topological polar surface area (TPSA) is 105 Å². The number of nitrogens with one attached hydrogen (secondary N) is 2. The van der Waals surface area contributed by atoms with E-state index in [2.05, 4.69) is 28.6 Å². The SMILES string of the molecule is C=N/C=C(\C=C(/C)C(=N)CN(C)C)C(/C=C\C(=C)CNc1ncc(C#N)cc1C=O)=C/C. The first kappa shape index (κ1) is 26.1. The van der Waals surface area contributed by atoms with Gasteiger partial charge >= 0.3 is 0 Å². The van der Waals surface area contributed by atoms with Gasteiger partial charge in [-0.05, 0) is 69.1 Å². The molecule has 0 unspecified atom stereocenters. The first-order valence-corrected chi connectivity index (χ1v) is 9.94. The molecule has 7 nitrogen and oxygen atoms in total. The second kappa shape index (κ2) is 13.4. The van der Waals surface area contributed by atoms with E-state index >= 15 is 0 Å². The molecular formula is C25H30N6O. The molecule has 1 rings (SSSR count). The summed E-state index contributed by atoms with van der Waals surface area (Å²) in [5.74, 6) is 0.397. The zero-order chi connectivity index (χ0) is 24.1. The molecule has 0 aliphatic carbocycles. The van der Waals surface area contributed by atoms with Crippen molar-refractivity contribution in [1.82, 2.24) is 9.88 Å². The molecule has 1 aromatic rings. The third kappa shape index (κ3) is 8.46. The predicted molar refractivity (Wildman–Crippen MR) is 133 cm³/mol. The number of rotatable bonds is 12. The number of hydrogen-bond acceptors (Lipinski definition) is 7. The highest BCUT2D eigenvalue weighted by Gasteiger charge is 2.07. The summed E-state index contributed by atoms with van der Waals surface area (Å²) in [5.41, 5.74) is 4.51. The van der Waals surface area contributed by atoms with Gasteiger partial charge in [0.15, 0.2) is 6.29 Å². The maximum absolute atomic E-state index is 11.2. The second-order valence-electron chi connectivity index (χ2n) is 7.29. The average molecular weight is 431 g/mol. The van der Waals surface area contributed by atoms with Crippen LogP contribution in [0.2, 0.25) is 0 Å². The summed E-state index contributed by atoms with van der Waals surface area (Å²) in [6.07, 6.45) is 11.4. The Labute approximate surface area is 190 Å². The van der Waals surface area contributed by atoms with Crippen molar-refractivity contribution in [2.24, 2.45) is 4.99 Å². The summed E-state index contributed by atoms with van der Waals surface area (Å²) in [6, 6.07) is 3.45. The number of aldehydes is 1. The Morgan fingerprint density at radius 3 is 2.66 bits per heavy atom. The zero-order valence-electron chi connectivity index (χ0n) is 19.1. The molecule has 0 spiro atoms. The first-order chi connectivity index (χ1) is 15.2. The van der Waals surface area contributed by atoms with E-state index in [1.807, 2.05) is 63.2 Å². The Morgan fingerprint density at radius 2 is 2.09 bits per heavy atom. The number of anilines is 1. The van der Waals surface area contributed by atoms with Crippen molar-refractivity contribution < 1.29 is 4.79 Å². The minimum absolute atomic E-state index is 0.318. The van der Waals surface area contributed by atoms with E-state index in [1.165, 1.54) is 12.3 Å². The molecule has 32 heavy (non-hydrogen) atoms. The van der Waals surface area contributed by atoms with E-state index in [4.69, 9.17) is 10.7 Å². The maximum Gasteiger partial charge on any atom is 0.153 e. The molecule has 0 aromatic carbocycles. The Morgan fingerprint density at radius 1 is 1.38 bits per heavy atom. The molecule has 0 aliphatic rings. The lowest BCUT2D eigenvalue weighted by Gasteiger charge is -2.12. The molecule has 1 aromatic heterocycles. The lowest BCUT2D eigenvalue weighted by Crippen LogP contribution is -2.21. The smallest absolute Gasteiger partial charge is 0.153 e. The number of carbonyl (C=O) groups is 1. The fraction of sp³-hybridized carbons (Fsp3) is 0.240. The highest BCUT2D eigenvalue weighted by atomic mass is 16.1. The van der Waals surface area contributed by atoms with Gasteiger partial charge in [0.05, 0.1) is 11.1 Å². The number of pyridine rings is 1. The largest absolute Gasteiger partial charge is 0.365 e. The number of nitrogens with zero attached hydrogens (tertiary/aromatic N) is 4. The predicted octanol–water partition coefficient (Wildman–Crippen LogP) is 4.35. The van der Waals surface area contributed by atoms with Crippen molar-refractivity contribution >= 4 is 24.5 Å². The quantitative estimate of drug-likeness (QED) is 0.291. The monoisotopic (exact) mass is 430 g/mol. The van der Waals surface area contributed by atoms with Crippen LogP contribution in [0.4, 0.5) is 5.82 Å². The molecule has 0 amide bonds.